The molecule has 0 aliphatic heterocycles. The molecule has 0 spiro atoms. The first-order valence-electron chi connectivity index (χ1n) is 7.19. The number of aromatic nitrogens is 4. The van der Waals surface area contributed by atoms with Crippen LogP contribution in [0.15, 0.2) is 55.1 Å². The number of hydrogen-bond acceptors (Lipinski definition) is 4. The molecule has 0 radical (unpaired) electrons. The van der Waals surface area contributed by atoms with Crippen molar-refractivity contribution in [3.8, 4) is 5.69 Å². The zero-order valence-corrected chi connectivity index (χ0v) is 13.6. The predicted molar refractivity (Wildman–Crippen MR) is 93.0 cm³/mol. The normalized spacial score (nSPS) is 10.9. The topological polar surface area (TPSA) is 72.7 Å². The van der Waals surface area contributed by atoms with E-state index in [2.05, 4.69) is 20.4 Å². The van der Waals surface area contributed by atoms with Crippen LogP contribution in [0.25, 0.3) is 11.8 Å². The molecule has 0 unspecified atom stereocenters. The Balaban J connectivity index is 1.71. The maximum absolute atomic E-state index is 12.1. The minimum absolute atomic E-state index is 0.248. The zero-order valence-electron chi connectivity index (χ0n) is 12.8. The summed E-state index contributed by atoms with van der Waals surface area (Å²) in [5.41, 5.74) is 3.15. The lowest BCUT2D eigenvalue weighted by Gasteiger charge is -2.05. The Morgan fingerprint density at radius 2 is 2.00 bits per heavy atom. The van der Waals surface area contributed by atoms with Crippen LogP contribution >= 0.6 is 11.6 Å². The summed E-state index contributed by atoms with van der Waals surface area (Å²) in [4.78, 5) is 20.0. The summed E-state index contributed by atoms with van der Waals surface area (Å²) in [6.45, 7) is 1.88. The van der Waals surface area contributed by atoms with Gasteiger partial charge in [0.05, 0.1) is 23.3 Å². The quantitative estimate of drug-likeness (QED) is 0.585. The molecule has 6 nitrogen and oxygen atoms in total. The van der Waals surface area contributed by atoms with E-state index in [-0.39, 0.29) is 5.91 Å². The zero-order chi connectivity index (χ0) is 16.9. The first kappa shape index (κ1) is 15.9. The Kier molecular flexibility index (Phi) is 4.67. The Morgan fingerprint density at radius 3 is 2.71 bits per heavy atom. The molecule has 0 saturated carbocycles. The number of rotatable bonds is 4. The summed E-state index contributed by atoms with van der Waals surface area (Å²) < 4.78 is 1.74. The lowest BCUT2D eigenvalue weighted by molar-refractivity contribution is -0.111. The molecule has 0 saturated heterocycles. The van der Waals surface area contributed by atoms with Gasteiger partial charge in [0.2, 0.25) is 5.91 Å². The summed E-state index contributed by atoms with van der Waals surface area (Å²) in [6.07, 6.45) is 9.70. The number of nitrogens with zero attached hydrogens (tertiary/aromatic N) is 4. The van der Waals surface area contributed by atoms with Crippen LogP contribution in [0.3, 0.4) is 0 Å². The van der Waals surface area contributed by atoms with Gasteiger partial charge in [0.15, 0.2) is 0 Å². The molecule has 1 amide bonds. The molecule has 0 fully saturated rings. The smallest absolute Gasteiger partial charge is 0.248 e. The number of halogens is 1. The highest BCUT2D eigenvalue weighted by Crippen LogP contribution is 2.18. The standard InChI is InChI=1S/C17H14ClN5O/c1-12-15(11-21-23(12)14-6-8-19-9-7-14)22-17(24)5-3-13-2-4-16(18)20-10-13/h2-11H,1H3,(H,22,24). The minimum atomic E-state index is -0.248. The number of nitrogens with one attached hydrogen (secondary N) is 1. The SMILES string of the molecule is Cc1c(NC(=O)C=Cc2ccc(Cl)nc2)cnn1-c1ccncc1. The lowest BCUT2D eigenvalue weighted by atomic mass is 10.2. The highest BCUT2D eigenvalue weighted by atomic mass is 35.5. The van der Waals surface area contributed by atoms with E-state index in [1.807, 2.05) is 19.1 Å². The van der Waals surface area contributed by atoms with Gasteiger partial charge < -0.3 is 5.32 Å². The van der Waals surface area contributed by atoms with E-state index in [4.69, 9.17) is 11.6 Å². The van der Waals surface area contributed by atoms with Crippen molar-refractivity contribution in [1.29, 1.82) is 0 Å². The van der Waals surface area contributed by atoms with E-state index >= 15 is 0 Å². The molecule has 3 heterocycles. The minimum Gasteiger partial charge on any atom is -0.320 e. The predicted octanol–water partition coefficient (Wildman–Crippen LogP) is 3.28. The number of carbonyl (C=O) groups is 1. The first-order chi connectivity index (χ1) is 11.6. The molecule has 0 bridgehead atoms. The molecular weight excluding hydrogens is 326 g/mol. The molecule has 7 heteroatoms. The fraction of sp³-hybridized carbons (Fsp3) is 0.0588. The third kappa shape index (κ3) is 3.67. The maximum Gasteiger partial charge on any atom is 0.248 e. The summed E-state index contributed by atoms with van der Waals surface area (Å²) in [5.74, 6) is -0.248. The average Bonchev–Trinajstić information content (AvgIpc) is 2.96. The highest BCUT2D eigenvalue weighted by molar-refractivity contribution is 6.29. The molecule has 0 aliphatic carbocycles. The van der Waals surface area contributed by atoms with Crippen molar-refractivity contribution in [3.05, 3.63) is 71.5 Å². The van der Waals surface area contributed by atoms with Gasteiger partial charge in [-0.3, -0.25) is 9.78 Å². The molecule has 0 aliphatic rings. The van der Waals surface area contributed by atoms with Crippen LogP contribution in [0.4, 0.5) is 5.69 Å². The van der Waals surface area contributed by atoms with E-state index in [0.29, 0.717) is 10.8 Å². The van der Waals surface area contributed by atoms with Crippen molar-refractivity contribution in [2.45, 2.75) is 6.92 Å². The fourth-order valence-electron chi connectivity index (χ4n) is 2.11. The van der Waals surface area contributed by atoms with E-state index in [0.717, 1.165) is 16.9 Å². The molecule has 120 valence electrons. The van der Waals surface area contributed by atoms with Gasteiger partial charge in [0.25, 0.3) is 0 Å². The number of carbonyl (C=O) groups excluding carboxylic acids is 1. The molecule has 1 N–H and O–H groups in total. The summed E-state index contributed by atoms with van der Waals surface area (Å²) in [6, 6.07) is 7.14. The second kappa shape index (κ2) is 7.06. The third-order valence-electron chi connectivity index (χ3n) is 3.35. The average molecular weight is 340 g/mol. The molecule has 24 heavy (non-hydrogen) atoms. The van der Waals surface area contributed by atoms with Crippen molar-refractivity contribution in [3.63, 3.8) is 0 Å². The molecule has 3 aromatic rings. The molecular formula is C17H14ClN5O. The molecule has 0 atom stereocenters. The maximum atomic E-state index is 12.1. The number of hydrogen-bond donors (Lipinski definition) is 1. The third-order valence-corrected chi connectivity index (χ3v) is 3.58. The van der Waals surface area contributed by atoms with Crippen molar-refractivity contribution >= 4 is 29.3 Å². The molecule has 3 aromatic heterocycles. The van der Waals surface area contributed by atoms with E-state index < -0.39 is 0 Å². The number of anilines is 1. The van der Waals surface area contributed by atoms with Crippen LogP contribution in [-0.2, 0) is 4.79 Å². The van der Waals surface area contributed by atoms with Gasteiger partial charge in [0, 0.05) is 24.7 Å². The van der Waals surface area contributed by atoms with Crippen molar-refractivity contribution < 1.29 is 4.79 Å². The second-order valence-corrected chi connectivity index (χ2v) is 5.38. The van der Waals surface area contributed by atoms with Crippen molar-refractivity contribution in [2.24, 2.45) is 0 Å². The molecule has 3 rings (SSSR count). The summed E-state index contributed by atoms with van der Waals surface area (Å²) in [5, 5.41) is 7.52. The van der Waals surface area contributed by atoms with Gasteiger partial charge in [-0.25, -0.2) is 9.67 Å². The monoisotopic (exact) mass is 339 g/mol. The van der Waals surface area contributed by atoms with Gasteiger partial charge in [-0.1, -0.05) is 17.7 Å². The van der Waals surface area contributed by atoms with Crippen LogP contribution in [-0.4, -0.2) is 25.7 Å². The van der Waals surface area contributed by atoms with Gasteiger partial charge in [-0.05, 0) is 36.8 Å². The Bertz CT molecular complexity index is 872. The second-order valence-electron chi connectivity index (χ2n) is 5.00. The Hall–Kier alpha value is -2.99. The largest absolute Gasteiger partial charge is 0.320 e. The fourth-order valence-corrected chi connectivity index (χ4v) is 2.22. The van der Waals surface area contributed by atoms with Crippen LogP contribution in [0, 0.1) is 6.92 Å². The van der Waals surface area contributed by atoms with Gasteiger partial charge in [-0.15, -0.1) is 0 Å². The number of amides is 1. The first-order valence-corrected chi connectivity index (χ1v) is 7.57. The van der Waals surface area contributed by atoms with Gasteiger partial charge >= 0.3 is 0 Å². The van der Waals surface area contributed by atoms with E-state index in [9.17, 15) is 4.79 Å². The van der Waals surface area contributed by atoms with E-state index in [1.165, 1.54) is 6.08 Å². The van der Waals surface area contributed by atoms with Crippen LogP contribution in [0.5, 0.6) is 0 Å². The summed E-state index contributed by atoms with van der Waals surface area (Å²) >= 11 is 5.72. The van der Waals surface area contributed by atoms with Crippen molar-refractivity contribution in [2.75, 3.05) is 5.32 Å². The van der Waals surface area contributed by atoms with Gasteiger partial charge in [-0.2, -0.15) is 5.10 Å². The van der Waals surface area contributed by atoms with Crippen molar-refractivity contribution in [1.82, 2.24) is 19.7 Å². The lowest BCUT2D eigenvalue weighted by Crippen LogP contribution is -2.09. The molecule has 0 aromatic carbocycles. The van der Waals surface area contributed by atoms with E-state index in [1.54, 1.807) is 47.7 Å². The Labute approximate surface area is 143 Å². The van der Waals surface area contributed by atoms with Crippen LogP contribution in [0.1, 0.15) is 11.3 Å². The summed E-state index contributed by atoms with van der Waals surface area (Å²) in [7, 11) is 0. The number of pyridine rings is 2. The Morgan fingerprint density at radius 1 is 1.21 bits per heavy atom. The van der Waals surface area contributed by atoms with Crippen LogP contribution < -0.4 is 5.32 Å². The van der Waals surface area contributed by atoms with Gasteiger partial charge in [0.1, 0.15) is 5.15 Å². The van der Waals surface area contributed by atoms with Crippen LogP contribution in [0.2, 0.25) is 5.15 Å². The highest BCUT2D eigenvalue weighted by Gasteiger charge is 2.09.